The number of carbonyl (C=O) groups is 1. The average molecular weight is 579 g/mol. The summed E-state index contributed by atoms with van der Waals surface area (Å²) in [7, 11) is 0.0500. The lowest BCUT2D eigenvalue weighted by molar-refractivity contribution is -0.119. The Balaban J connectivity index is 1.79. The van der Waals surface area contributed by atoms with E-state index < -0.39 is 22.5 Å². The van der Waals surface area contributed by atoms with E-state index in [1.54, 1.807) is 23.9 Å². The van der Waals surface area contributed by atoms with Crippen molar-refractivity contribution in [1.29, 1.82) is 0 Å². The molecule has 0 saturated carbocycles. The summed E-state index contributed by atoms with van der Waals surface area (Å²) in [6.45, 7) is 1.96. The lowest BCUT2D eigenvalue weighted by Gasteiger charge is -2.26. The molecular formula is C27H31ClN2O6S2. The molecule has 0 aliphatic carbocycles. The van der Waals surface area contributed by atoms with Crippen LogP contribution < -0.4 is 23.8 Å². The van der Waals surface area contributed by atoms with Gasteiger partial charge >= 0.3 is 0 Å². The summed E-state index contributed by atoms with van der Waals surface area (Å²) in [4.78, 5) is 14.0. The van der Waals surface area contributed by atoms with E-state index in [1.165, 1.54) is 51.2 Å². The first-order valence-corrected chi connectivity index (χ1v) is 14.5. The normalized spacial score (nSPS) is 11.1. The maximum absolute atomic E-state index is 13.8. The third kappa shape index (κ3) is 7.49. The lowest BCUT2D eigenvalue weighted by Crippen LogP contribution is -2.41. The third-order valence-corrected chi connectivity index (χ3v) is 8.66. The zero-order valence-electron chi connectivity index (χ0n) is 21.7. The minimum absolute atomic E-state index is 0.0838. The molecule has 0 aliphatic rings. The van der Waals surface area contributed by atoms with E-state index >= 15 is 0 Å². The molecule has 0 fully saturated rings. The van der Waals surface area contributed by atoms with Crippen molar-refractivity contribution in [2.24, 2.45) is 0 Å². The number of thioether (sulfide) groups is 1. The second-order valence-electron chi connectivity index (χ2n) is 8.21. The highest BCUT2D eigenvalue weighted by Crippen LogP contribution is 2.37. The Hall–Kier alpha value is -3.08. The summed E-state index contributed by atoms with van der Waals surface area (Å²) in [5, 5.41) is 3.11. The number of rotatable bonds is 13. The molecule has 0 spiro atoms. The second kappa shape index (κ2) is 13.6. The Labute approximate surface area is 233 Å². The molecule has 11 heteroatoms. The van der Waals surface area contributed by atoms with Crippen molar-refractivity contribution in [3.05, 3.63) is 71.2 Å². The number of halogens is 1. The molecule has 3 rings (SSSR count). The standard InChI is InChI=1S/C27H31ClN2O6S2/c1-19-6-9-21(10-7-19)37-15-5-14-29-27(31)18-30(23-16-20(28)8-12-24(23)34-2)38(32,33)22-11-13-25(35-3)26(17-22)36-4/h6-13,16-17H,5,14-15,18H2,1-4H3,(H,29,31). The minimum atomic E-state index is -4.24. The predicted octanol–water partition coefficient (Wildman–Crippen LogP) is 5.17. The number of ether oxygens (including phenoxy) is 3. The van der Waals surface area contributed by atoms with Crippen LogP contribution in [-0.2, 0) is 14.8 Å². The van der Waals surface area contributed by atoms with E-state index in [4.69, 9.17) is 25.8 Å². The van der Waals surface area contributed by atoms with Gasteiger partial charge < -0.3 is 19.5 Å². The van der Waals surface area contributed by atoms with E-state index in [2.05, 4.69) is 29.6 Å². The van der Waals surface area contributed by atoms with Crippen LogP contribution in [0.1, 0.15) is 12.0 Å². The number of nitrogens with one attached hydrogen (secondary N) is 1. The molecule has 1 N–H and O–H groups in total. The largest absolute Gasteiger partial charge is 0.495 e. The van der Waals surface area contributed by atoms with Crippen molar-refractivity contribution in [2.75, 3.05) is 44.5 Å². The summed E-state index contributed by atoms with van der Waals surface area (Å²) < 4.78 is 44.5. The molecule has 0 heterocycles. The number of hydrogen-bond acceptors (Lipinski definition) is 7. The average Bonchev–Trinajstić information content (AvgIpc) is 2.92. The SMILES string of the molecule is COc1ccc(S(=O)(=O)N(CC(=O)NCCCSc2ccc(C)cc2)c2cc(Cl)ccc2OC)cc1OC. The van der Waals surface area contributed by atoms with Gasteiger partial charge in [-0.05, 0) is 61.6 Å². The number of hydrogen-bond donors (Lipinski definition) is 1. The van der Waals surface area contributed by atoms with Crippen LogP contribution in [-0.4, -0.2) is 54.5 Å². The van der Waals surface area contributed by atoms with Crippen molar-refractivity contribution < 1.29 is 27.4 Å². The molecule has 204 valence electrons. The topological polar surface area (TPSA) is 94.2 Å². The van der Waals surface area contributed by atoms with E-state index in [0.29, 0.717) is 23.7 Å². The molecular weight excluding hydrogens is 548 g/mol. The maximum Gasteiger partial charge on any atom is 0.265 e. The lowest BCUT2D eigenvalue weighted by atomic mass is 10.2. The number of carbonyl (C=O) groups excluding carboxylic acids is 1. The summed E-state index contributed by atoms with van der Waals surface area (Å²) in [5.74, 6) is 1.21. The number of aryl methyl sites for hydroxylation is 1. The number of anilines is 1. The quantitative estimate of drug-likeness (QED) is 0.221. The first kappa shape index (κ1) is 29.5. The van der Waals surface area contributed by atoms with E-state index in [0.717, 1.165) is 15.0 Å². The highest BCUT2D eigenvalue weighted by Gasteiger charge is 2.30. The summed E-state index contributed by atoms with van der Waals surface area (Å²) in [5.41, 5.74) is 1.34. The zero-order chi connectivity index (χ0) is 27.7. The molecule has 8 nitrogen and oxygen atoms in total. The van der Waals surface area contributed by atoms with Gasteiger partial charge in [0.25, 0.3) is 10.0 Å². The van der Waals surface area contributed by atoms with Gasteiger partial charge in [-0.25, -0.2) is 8.42 Å². The summed E-state index contributed by atoms with van der Waals surface area (Å²) in [6, 6.07) is 17.0. The predicted molar refractivity (Wildman–Crippen MR) is 152 cm³/mol. The maximum atomic E-state index is 13.8. The molecule has 3 aromatic carbocycles. The molecule has 0 saturated heterocycles. The van der Waals surface area contributed by atoms with Crippen LogP contribution in [0.2, 0.25) is 5.02 Å². The number of sulfonamides is 1. The second-order valence-corrected chi connectivity index (χ2v) is 11.7. The van der Waals surface area contributed by atoms with Crippen molar-refractivity contribution in [1.82, 2.24) is 5.32 Å². The highest BCUT2D eigenvalue weighted by atomic mass is 35.5. The van der Waals surface area contributed by atoms with Crippen LogP contribution in [0, 0.1) is 6.92 Å². The van der Waals surface area contributed by atoms with Crippen molar-refractivity contribution >= 4 is 45.0 Å². The van der Waals surface area contributed by atoms with Crippen molar-refractivity contribution in [3.8, 4) is 17.2 Å². The van der Waals surface area contributed by atoms with Gasteiger partial charge in [-0.2, -0.15) is 0 Å². The molecule has 0 radical (unpaired) electrons. The van der Waals surface area contributed by atoms with Gasteiger partial charge in [0.15, 0.2) is 11.5 Å². The molecule has 1 amide bonds. The molecule has 0 aromatic heterocycles. The fraction of sp³-hybridized carbons (Fsp3) is 0.296. The molecule has 0 atom stereocenters. The fourth-order valence-corrected chi connectivity index (χ4v) is 6.03. The van der Waals surface area contributed by atoms with Crippen LogP contribution in [0.4, 0.5) is 5.69 Å². The molecule has 0 aliphatic heterocycles. The number of methoxy groups -OCH3 is 3. The van der Waals surface area contributed by atoms with Gasteiger partial charge in [0.05, 0.1) is 31.9 Å². The van der Waals surface area contributed by atoms with Crippen LogP contribution in [0.5, 0.6) is 17.2 Å². The van der Waals surface area contributed by atoms with E-state index in [-0.39, 0.29) is 22.1 Å². The number of benzene rings is 3. The molecule has 3 aromatic rings. The van der Waals surface area contributed by atoms with Crippen LogP contribution in [0.15, 0.2) is 70.5 Å². The molecule has 0 bridgehead atoms. The Bertz CT molecular complexity index is 1350. The first-order chi connectivity index (χ1) is 18.2. The number of amides is 1. The van der Waals surface area contributed by atoms with E-state index in [9.17, 15) is 13.2 Å². The van der Waals surface area contributed by atoms with Gasteiger partial charge in [-0.3, -0.25) is 9.10 Å². The third-order valence-electron chi connectivity index (χ3n) is 5.57. The summed E-state index contributed by atoms with van der Waals surface area (Å²) >= 11 is 7.89. The Kier molecular flexibility index (Phi) is 10.6. The Morgan fingerprint density at radius 3 is 2.24 bits per heavy atom. The smallest absolute Gasteiger partial charge is 0.265 e. The van der Waals surface area contributed by atoms with Gasteiger partial charge in [-0.1, -0.05) is 29.3 Å². The Morgan fingerprint density at radius 1 is 0.921 bits per heavy atom. The van der Waals surface area contributed by atoms with Crippen molar-refractivity contribution in [3.63, 3.8) is 0 Å². The van der Waals surface area contributed by atoms with Crippen molar-refractivity contribution in [2.45, 2.75) is 23.1 Å². The minimum Gasteiger partial charge on any atom is -0.495 e. The van der Waals surface area contributed by atoms with Gasteiger partial charge in [0, 0.05) is 22.5 Å². The van der Waals surface area contributed by atoms with Gasteiger partial charge in [0.2, 0.25) is 5.91 Å². The zero-order valence-corrected chi connectivity index (χ0v) is 24.1. The first-order valence-electron chi connectivity index (χ1n) is 11.7. The monoisotopic (exact) mass is 578 g/mol. The molecule has 0 unspecified atom stereocenters. The Morgan fingerprint density at radius 2 is 1.58 bits per heavy atom. The van der Waals surface area contributed by atoms with Crippen LogP contribution >= 0.6 is 23.4 Å². The number of nitrogens with zero attached hydrogens (tertiary/aromatic N) is 1. The van der Waals surface area contributed by atoms with Gasteiger partial charge in [0.1, 0.15) is 12.3 Å². The van der Waals surface area contributed by atoms with E-state index in [1.807, 2.05) is 6.92 Å². The summed E-state index contributed by atoms with van der Waals surface area (Å²) in [6.07, 6.45) is 0.715. The van der Waals surface area contributed by atoms with Crippen LogP contribution in [0.25, 0.3) is 0 Å². The fourth-order valence-electron chi connectivity index (χ4n) is 3.57. The van der Waals surface area contributed by atoms with Crippen LogP contribution in [0.3, 0.4) is 0 Å². The van der Waals surface area contributed by atoms with Gasteiger partial charge in [-0.15, -0.1) is 11.8 Å². The molecule has 38 heavy (non-hydrogen) atoms. The highest BCUT2D eigenvalue weighted by molar-refractivity contribution is 7.99.